The minimum Gasteiger partial charge on any atom is -0.356 e. The van der Waals surface area contributed by atoms with Crippen LogP contribution in [0.5, 0.6) is 0 Å². The lowest BCUT2D eigenvalue weighted by Gasteiger charge is -2.15. The van der Waals surface area contributed by atoms with Crippen molar-refractivity contribution in [2.24, 2.45) is 4.99 Å². The summed E-state index contributed by atoms with van der Waals surface area (Å²) < 4.78 is 13.8. The van der Waals surface area contributed by atoms with Gasteiger partial charge in [-0.15, -0.1) is 0 Å². The second kappa shape index (κ2) is 8.94. The Morgan fingerprint density at radius 3 is 2.87 bits per heavy atom. The Kier molecular flexibility index (Phi) is 6.61. The van der Waals surface area contributed by atoms with E-state index in [4.69, 9.17) is 5.26 Å². The number of nitrogens with one attached hydrogen (secondary N) is 2. The molecule has 4 nitrogen and oxygen atoms in total. The molecule has 0 spiro atoms. The molecule has 1 aromatic carbocycles. The minimum absolute atomic E-state index is 0.328. The molecule has 0 bridgehead atoms. The molecule has 0 unspecified atom stereocenters. The Hall–Kier alpha value is -2.35. The van der Waals surface area contributed by atoms with Crippen molar-refractivity contribution >= 4 is 5.96 Å². The van der Waals surface area contributed by atoms with Crippen LogP contribution in [0.2, 0.25) is 0 Å². The third-order valence-electron chi connectivity index (χ3n) is 3.98. The van der Waals surface area contributed by atoms with Crippen molar-refractivity contribution in [1.82, 2.24) is 10.6 Å². The molecule has 0 fully saturated rings. The van der Waals surface area contributed by atoms with Crippen molar-refractivity contribution in [2.75, 3.05) is 13.6 Å². The van der Waals surface area contributed by atoms with Gasteiger partial charge in [0.25, 0.3) is 0 Å². The van der Waals surface area contributed by atoms with Crippen molar-refractivity contribution in [3.8, 4) is 6.07 Å². The van der Waals surface area contributed by atoms with Crippen LogP contribution in [0.25, 0.3) is 0 Å². The van der Waals surface area contributed by atoms with Gasteiger partial charge in [0, 0.05) is 25.7 Å². The molecule has 5 heteroatoms. The fraction of sp³-hybridized carbons (Fsp3) is 0.444. The van der Waals surface area contributed by atoms with Gasteiger partial charge in [0.15, 0.2) is 5.96 Å². The van der Waals surface area contributed by atoms with Gasteiger partial charge in [-0.25, -0.2) is 4.39 Å². The van der Waals surface area contributed by atoms with E-state index in [0.717, 1.165) is 13.0 Å². The van der Waals surface area contributed by atoms with E-state index in [1.54, 1.807) is 19.2 Å². The zero-order valence-corrected chi connectivity index (χ0v) is 13.5. The molecule has 0 saturated heterocycles. The summed E-state index contributed by atoms with van der Waals surface area (Å²) in [7, 11) is 1.70. The molecule has 1 aliphatic carbocycles. The maximum atomic E-state index is 13.8. The Morgan fingerprint density at radius 1 is 1.35 bits per heavy atom. The lowest BCUT2D eigenvalue weighted by atomic mass is 9.97. The number of nitriles is 1. The number of hydrogen-bond donors (Lipinski definition) is 2. The molecule has 23 heavy (non-hydrogen) atoms. The molecule has 1 aliphatic rings. The number of nitrogens with zero attached hydrogens (tertiary/aromatic N) is 2. The van der Waals surface area contributed by atoms with Crippen molar-refractivity contribution in [3.63, 3.8) is 0 Å². The van der Waals surface area contributed by atoms with Gasteiger partial charge in [-0.3, -0.25) is 4.99 Å². The third-order valence-corrected chi connectivity index (χ3v) is 3.98. The first kappa shape index (κ1) is 17.0. The predicted octanol–water partition coefficient (Wildman–Crippen LogP) is 3.25. The number of guanidine groups is 1. The van der Waals surface area contributed by atoms with E-state index in [-0.39, 0.29) is 5.82 Å². The summed E-state index contributed by atoms with van der Waals surface area (Å²) in [6.07, 6.45) is 8.34. The van der Waals surface area contributed by atoms with Gasteiger partial charge in [-0.1, -0.05) is 17.7 Å². The summed E-state index contributed by atoms with van der Waals surface area (Å²) in [4.78, 5) is 4.15. The Morgan fingerprint density at radius 2 is 2.22 bits per heavy atom. The van der Waals surface area contributed by atoms with Crippen molar-refractivity contribution in [1.29, 1.82) is 5.26 Å². The van der Waals surface area contributed by atoms with Crippen LogP contribution in [0.1, 0.15) is 43.2 Å². The molecule has 1 aromatic rings. The number of benzene rings is 1. The summed E-state index contributed by atoms with van der Waals surface area (Å²) in [5, 5.41) is 15.1. The normalized spacial score (nSPS) is 14.8. The molecule has 0 aliphatic heterocycles. The highest BCUT2D eigenvalue weighted by Gasteiger charge is 2.06. The molecular formula is C18H23FN4. The van der Waals surface area contributed by atoms with Crippen LogP contribution in [0.3, 0.4) is 0 Å². The summed E-state index contributed by atoms with van der Waals surface area (Å²) in [6, 6.07) is 6.42. The van der Waals surface area contributed by atoms with Gasteiger partial charge in [-0.2, -0.15) is 5.26 Å². The van der Waals surface area contributed by atoms with Crippen molar-refractivity contribution < 1.29 is 4.39 Å². The van der Waals surface area contributed by atoms with E-state index in [1.807, 2.05) is 6.07 Å². The van der Waals surface area contributed by atoms with Gasteiger partial charge >= 0.3 is 0 Å². The number of allylic oxidation sites excluding steroid dienone is 1. The standard InChI is InChI=1S/C18H23FN4/c1-21-18(22-10-9-14-5-3-2-4-6-14)23-13-16-8-7-15(12-20)11-17(16)19/h5,7-8,11H,2-4,6,9-10,13H2,1H3,(H2,21,22,23). The summed E-state index contributed by atoms with van der Waals surface area (Å²) in [5.74, 6) is 0.282. The molecule has 0 radical (unpaired) electrons. The lowest BCUT2D eigenvalue weighted by molar-refractivity contribution is 0.604. The zero-order valence-electron chi connectivity index (χ0n) is 13.5. The Labute approximate surface area is 137 Å². The molecular weight excluding hydrogens is 291 g/mol. The lowest BCUT2D eigenvalue weighted by Crippen LogP contribution is -2.37. The van der Waals surface area contributed by atoms with Crippen molar-refractivity contribution in [2.45, 2.75) is 38.6 Å². The smallest absolute Gasteiger partial charge is 0.191 e. The molecule has 0 saturated carbocycles. The highest BCUT2D eigenvalue weighted by Crippen LogP contribution is 2.19. The number of aliphatic imine (C=N–C) groups is 1. The molecule has 0 amide bonds. The maximum absolute atomic E-state index is 13.8. The van der Waals surface area contributed by atoms with Crippen LogP contribution in [-0.2, 0) is 6.54 Å². The topological polar surface area (TPSA) is 60.2 Å². The molecule has 0 aromatic heterocycles. The molecule has 2 rings (SSSR count). The van der Waals surface area contributed by atoms with E-state index in [0.29, 0.717) is 23.6 Å². The third kappa shape index (κ3) is 5.41. The van der Waals surface area contributed by atoms with E-state index >= 15 is 0 Å². The van der Waals surface area contributed by atoms with Crippen molar-refractivity contribution in [3.05, 3.63) is 46.8 Å². The fourth-order valence-corrected chi connectivity index (χ4v) is 2.63. The monoisotopic (exact) mass is 314 g/mol. The van der Waals surface area contributed by atoms with Crippen LogP contribution in [0, 0.1) is 17.1 Å². The van der Waals surface area contributed by atoms with Crippen LogP contribution < -0.4 is 10.6 Å². The minimum atomic E-state index is -0.376. The van der Waals surface area contributed by atoms with E-state index < -0.39 is 0 Å². The molecule has 2 N–H and O–H groups in total. The SMILES string of the molecule is CN=C(NCCC1=CCCCC1)NCc1ccc(C#N)cc1F. The van der Waals surface area contributed by atoms with Gasteiger partial charge in [0.05, 0.1) is 11.6 Å². The first-order chi connectivity index (χ1) is 11.2. The fourth-order valence-electron chi connectivity index (χ4n) is 2.63. The number of rotatable bonds is 5. The van der Waals surface area contributed by atoms with E-state index in [9.17, 15) is 4.39 Å². The van der Waals surface area contributed by atoms with Gasteiger partial charge in [0.1, 0.15) is 5.82 Å². The second-order valence-electron chi connectivity index (χ2n) is 5.63. The van der Waals surface area contributed by atoms with E-state index in [2.05, 4.69) is 21.7 Å². The van der Waals surface area contributed by atoms with E-state index in [1.165, 1.54) is 37.3 Å². The zero-order chi connectivity index (χ0) is 16.5. The second-order valence-corrected chi connectivity index (χ2v) is 5.63. The number of halogens is 1. The van der Waals surface area contributed by atoms with Crippen LogP contribution in [0.4, 0.5) is 4.39 Å². The predicted molar refractivity (Wildman–Crippen MR) is 90.5 cm³/mol. The van der Waals surface area contributed by atoms with Crippen LogP contribution in [-0.4, -0.2) is 19.6 Å². The average molecular weight is 314 g/mol. The van der Waals surface area contributed by atoms with Gasteiger partial charge in [0.2, 0.25) is 0 Å². The summed E-state index contributed by atoms with van der Waals surface area (Å²) >= 11 is 0. The number of hydrogen-bond acceptors (Lipinski definition) is 2. The average Bonchev–Trinajstić information content (AvgIpc) is 2.59. The highest BCUT2D eigenvalue weighted by atomic mass is 19.1. The first-order valence-corrected chi connectivity index (χ1v) is 8.04. The molecule has 0 heterocycles. The highest BCUT2D eigenvalue weighted by molar-refractivity contribution is 5.79. The van der Waals surface area contributed by atoms with Gasteiger partial charge < -0.3 is 10.6 Å². The summed E-state index contributed by atoms with van der Waals surface area (Å²) in [6.45, 7) is 1.15. The Balaban J connectivity index is 1.79. The summed E-state index contributed by atoms with van der Waals surface area (Å²) in [5.41, 5.74) is 2.36. The molecule has 0 atom stereocenters. The largest absolute Gasteiger partial charge is 0.356 e. The maximum Gasteiger partial charge on any atom is 0.191 e. The Bertz CT molecular complexity index is 628. The van der Waals surface area contributed by atoms with Gasteiger partial charge in [-0.05, 0) is 44.2 Å². The van der Waals surface area contributed by atoms with Crippen LogP contribution >= 0.6 is 0 Å². The quantitative estimate of drug-likeness (QED) is 0.498. The molecule has 122 valence electrons. The van der Waals surface area contributed by atoms with Crippen LogP contribution in [0.15, 0.2) is 34.8 Å². The first-order valence-electron chi connectivity index (χ1n) is 8.04.